The lowest BCUT2D eigenvalue weighted by molar-refractivity contribution is -0.159. The molecule has 0 aliphatic heterocycles. The zero-order valence-electron chi connectivity index (χ0n) is 5.50. The van der Waals surface area contributed by atoms with Crippen molar-refractivity contribution in [2.45, 2.75) is 12.8 Å². The number of amides is 1. The van der Waals surface area contributed by atoms with Gasteiger partial charge in [-0.1, -0.05) is 6.08 Å². The summed E-state index contributed by atoms with van der Waals surface area (Å²) in [4.78, 5) is 10.5. The van der Waals surface area contributed by atoms with Gasteiger partial charge in [-0.2, -0.15) is 0 Å². The van der Waals surface area contributed by atoms with Gasteiger partial charge in [0.2, 0.25) is 5.91 Å². The summed E-state index contributed by atoms with van der Waals surface area (Å²) in [5, 5.41) is 9.08. The van der Waals surface area contributed by atoms with Crippen LogP contribution in [0.25, 0.3) is 0 Å². The van der Waals surface area contributed by atoms with Gasteiger partial charge >= 0.3 is 0 Å². The predicted molar refractivity (Wildman–Crippen MR) is 34.0 cm³/mol. The van der Waals surface area contributed by atoms with Crippen LogP contribution in [0.4, 0.5) is 0 Å². The second-order valence-corrected chi connectivity index (χ2v) is 1.74. The number of hydrogen-bond donors (Lipinski definition) is 1. The molecule has 0 fully saturated rings. The molecule has 0 spiro atoms. The highest BCUT2D eigenvalue weighted by atomic mass is 16.5. The summed E-state index contributed by atoms with van der Waals surface area (Å²) < 4.78 is 0. The van der Waals surface area contributed by atoms with E-state index in [2.05, 4.69) is 6.58 Å². The Hall–Kier alpha value is -0.830. The van der Waals surface area contributed by atoms with Crippen molar-refractivity contribution in [2.75, 3.05) is 7.05 Å². The molecule has 0 rings (SSSR count). The Morgan fingerprint density at radius 3 is 2.78 bits per heavy atom. The van der Waals surface area contributed by atoms with Gasteiger partial charge < -0.3 is 0 Å². The fraction of sp³-hybridized carbons (Fsp3) is 0.500. The van der Waals surface area contributed by atoms with Crippen molar-refractivity contribution in [1.82, 2.24) is 5.06 Å². The van der Waals surface area contributed by atoms with Crippen LogP contribution in [0.5, 0.6) is 0 Å². The highest BCUT2D eigenvalue weighted by molar-refractivity contribution is 5.74. The number of hydroxylamine groups is 2. The summed E-state index contributed by atoms with van der Waals surface area (Å²) in [7, 11) is 1.31. The molecule has 0 radical (unpaired) electrons. The maximum atomic E-state index is 10.5. The van der Waals surface area contributed by atoms with Crippen LogP contribution in [-0.2, 0) is 4.79 Å². The number of carbonyl (C=O) groups is 1. The highest BCUT2D eigenvalue weighted by Crippen LogP contribution is 1.92. The number of rotatable bonds is 3. The largest absolute Gasteiger partial charge is 0.286 e. The van der Waals surface area contributed by atoms with Crippen LogP contribution < -0.4 is 0 Å². The first-order chi connectivity index (χ1) is 4.18. The molecule has 0 saturated heterocycles. The summed E-state index contributed by atoms with van der Waals surface area (Å²) >= 11 is 0. The first-order valence-electron chi connectivity index (χ1n) is 2.74. The molecular formula is C6H11NO2. The van der Waals surface area contributed by atoms with Gasteiger partial charge in [0.05, 0.1) is 0 Å². The van der Waals surface area contributed by atoms with Crippen molar-refractivity contribution in [1.29, 1.82) is 0 Å². The zero-order chi connectivity index (χ0) is 7.28. The van der Waals surface area contributed by atoms with Gasteiger partial charge in [0.15, 0.2) is 0 Å². The van der Waals surface area contributed by atoms with Crippen molar-refractivity contribution in [3.8, 4) is 0 Å². The first kappa shape index (κ1) is 8.17. The van der Waals surface area contributed by atoms with Gasteiger partial charge in [-0.25, -0.2) is 5.06 Å². The van der Waals surface area contributed by atoms with E-state index < -0.39 is 0 Å². The molecule has 0 heterocycles. The molecule has 0 aromatic heterocycles. The minimum Gasteiger partial charge on any atom is -0.286 e. The van der Waals surface area contributed by atoms with E-state index in [0.717, 1.165) is 0 Å². The molecule has 0 saturated carbocycles. The Morgan fingerprint density at radius 2 is 2.44 bits per heavy atom. The van der Waals surface area contributed by atoms with Crippen LogP contribution in [0.1, 0.15) is 12.8 Å². The number of nitrogens with zero attached hydrogens (tertiary/aromatic N) is 1. The Kier molecular flexibility index (Phi) is 3.71. The van der Waals surface area contributed by atoms with Crippen molar-refractivity contribution in [3.05, 3.63) is 12.7 Å². The van der Waals surface area contributed by atoms with E-state index in [1.54, 1.807) is 6.08 Å². The zero-order valence-corrected chi connectivity index (χ0v) is 5.50. The van der Waals surface area contributed by atoms with Crippen LogP contribution >= 0.6 is 0 Å². The van der Waals surface area contributed by atoms with E-state index >= 15 is 0 Å². The topological polar surface area (TPSA) is 40.5 Å². The summed E-state index contributed by atoms with van der Waals surface area (Å²) in [6.07, 6.45) is 2.58. The lowest BCUT2D eigenvalue weighted by Crippen LogP contribution is -2.21. The van der Waals surface area contributed by atoms with Crippen molar-refractivity contribution >= 4 is 5.91 Å². The maximum Gasteiger partial charge on any atom is 0.245 e. The summed E-state index contributed by atoms with van der Waals surface area (Å²) in [6, 6.07) is 0. The number of carbonyl (C=O) groups excluding carboxylic acids is 1. The summed E-state index contributed by atoms with van der Waals surface area (Å²) in [5.74, 6) is -0.282. The standard InChI is InChI=1S/C6H11NO2/c1-3-4-5-6(8)7(2)9/h3,9H,1,4-5H2,2H3. The summed E-state index contributed by atoms with van der Waals surface area (Å²) in [5.41, 5.74) is 0. The molecule has 1 N–H and O–H groups in total. The van der Waals surface area contributed by atoms with Crippen LogP contribution in [-0.4, -0.2) is 23.2 Å². The smallest absolute Gasteiger partial charge is 0.245 e. The molecule has 0 bridgehead atoms. The van der Waals surface area contributed by atoms with Crippen molar-refractivity contribution in [2.24, 2.45) is 0 Å². The average molecular weight is 129 g/mol. The molecule has 9 heavy (non-hydrogen) atoms. The molecule has 0 aliphatic carbocycles. The molecule has 0 aromatic rings. The molecule has 3 nitrogen and oxygen atoms in total. The third-order valence-electron chi connectivity index (χ3n) is 0.923. The SMILES string of the molecule is C=CCCC(=O)N(C)O. The van der Waals surface area contributed by atoms with Gasteiger partial charge in [0.1, 0.15) is 0 Å². The van der Waals surface area contributed by atoms with E-state index in [1.165, 1.54) is 7.05 Å². The Bertz CT molecular complexity index is 110. The quantitative estimate of drug-likeness (QED) is 0.348. The van der Waals surface area contributed by atoms with Crippen LogP contribution in [0.15, 0.2) is 12.7 Å². The molecule has 0 atom stereocenters. The Labute approximate surface area is 54.5 Å². The third kappa shape index (κ3) is 3.73. The first-order valence-corrected chi connectivity index (χ1v) is 2.74. The average Bonchev–Trinajstić information content (AvgIpc) is 1.82. The van der Waals surface area contributed by atoms with E-state index in [-0.39, 0.29) is 5.91 Å². The normalized spacial score (nSPS) is 8.67. The minimum atomic E-state index is -0.282. The van der Waals surface area contributed by atoms with Gasteiger partial charge in [-0.15, -0.1) is 6.58 Å². The van der Waals surface area contributed by atoms with Crippen LogP contribution in [0.2, 0.25) is 0 Å². The Morgan fingerprint density at radius 1 is 1.89 bits per heavy atom. The van der Waals surface area contributed by atoms with Gasteiger partial charge in [0, 0.05) is 13.5 Å². The van der Waals surface area contributed by atoms with Crippen molar-refractivity contribution in [3.63, 3.8) is 0 Å². The molecule has 0 aliphatic rings. The molecular weight excluding hydrogens is 118 g/mol. The predicted octanol–water partition coefficient (Wildman–Crippen LogP) is 0.800. The van der Waals surface area contributed by atoms with E-state index in [4.69, 9.17) is 5.21 Å². The van der Waals surface area contributed by atoms with E-state index in [0.29, 0.717) is 17.9 Å². The third-order valence-corrected chi connectivity index (χ3v) is 0.923. The van der Waals surface area contributed by atoms with Gasteiger partial charge in [-0.05, 0) is 6.42 Å². The number of hydrogen-bond acceptors (Lipinski definition) is 2. The number of allylic oxidation sites excluding steroid dienone is 1. The second-order valence-electron chi connectivity index (χ2n) is 1.74. The molecule has 0 unspecified atom stereocenters. The lowest BCUT2D eigenvalue weighted by atomic mass is 10.3. The Balaban J connectivity index is 3.38. The molecule has 1 amide bonds. The van der Waals surface area contributed by atoms with E-state index in [9.17, 15) is 4.79 Å². The fourth-order valence-corrected chi connectivity index (χ4v) is 0.387. The maximum absolute atomic E-state index is 10.5. The highest BCUT2D eigenvalue weighted by Gasteiger charge is 2.01. The van der Waals surface area contributed by atoms with Crippen LogP contribution in [0.3, 0.4) is 0 Å². The molecule has 52 valence electrons. The van der Waals surface area contributed by atoms with Crippen LogP contribution in [0, 0.1) is 0 Å². The fourth-order valence-electron chi connectivity index (χ4n) is 0.387. The molecule has 0 aromatic carbocycles. The van der Waals surface area contributed by atoms with Gasteiger partial charge in [0.25, 0.3) is 0 Å². The summed E-state index contributed by atoms with van der Waals surface area (Å²) in [6.45, 7) is 3.44. The monoisotopic (exact) mass is 129 g/mol. The molecule has 3 heteroatoms. The minimum absolute atomic E-state index is 0.282. The lowest BCUT2D eigenvalue weighted by Gasteiger charge is -2.05. The second kappa shape index (κ2) is 4.09. The van der Waals surface area contributed by atoms with Crippen molar-refractivity contribution < 1.29 is 10.0 Å². The van der Waals surface area contributed by atoms with E-state index in [1.807, 2.05) is 0 Å². The van der Waals surface area contributed by atoms with Gasteiger partial charge in [-0.3, -0.25) is 10.0 Å².